The van der Waals surface area contributed by atoms with E-state index >= 15 is 0 Å². The van der Waals surface area contributed by atoms with Gasteiger partial charge in [-0.1, -0.05) is 11.6 Å². The molecule has 1 unspecified atom stereocenters. The van der Waals surface area contributed by atoms with Crippen LogP contribution in [0.2, 0.25) is 5.02 Å². The van der Waals surface area contributed by atoms with Crippen LogP contribution in [0.1, 0.15) is 12.5 Å². The second kappa shape index (κ2) is 5.19. The first-order valence-electron chi connectivity index (χ1n) is 5.58. The zero-order chi connectivity index (χ0) is 12.4. The highest BCUT2D eigenvalue weighted by molar-refractivity contribution is 7.99. The number of thioether (sulfide) groups is 1. The van der Waals surface area contributed by atoms with E-state index in [4.69, 9.17) is 22.7 Å². The van der Waals surface area contributed by atoms with Crippen LogP contribution in [-0.2, 0) is 0 Å². The first-order chi connectivity index (χ1) is 8.09. The van der Waals surface area contributed by atoms with Gasteiger partial charge in [0.05, 0.1) is 5.02 Å². The Labute approximate surface area is 111 Å². The number of rotatable bonds is 2. The van der Waals surface area contributed by atoms with E-state index in [0.29, 0.717) is 16.6 Å². The lowest BCUT2D eigenvalue weighted by molar-refractivity contribution is 0.700. The minimum absolute atomic E-state index is 0.0174. The monoisotopic (exact) mass is 269 g/mol. The Balaban J connectivity index is 2.27. The number of nitrogen functional groups attached to an aromatic ring is 1. The Bertz CT molecular complexity index is 436. The van der Waals surface area contributed by atoms with Crippen LogP contribution in [0, 0.1) is 5.41 Å². The second-order valence-electron chi connectivity index (χ2n) is 4.20. The zero-order valence-electron chi connectivity index (χ0n) is 9.74. The van der Waals surface area contributed by atoms with Crippen molar-refractivity contribution >= 4 is 34.9 Å². The van der Waals surface area contributed by atoms with E-state index in [1.807, 2.05) is 30.0 Å². The molecule has 5 heteroatoms. The highest BCUT2D eigenvalue weighted by Gasteiger charge is 2.19. The number of benzene rings is 1. The van der Waals surface area contributed by atoms with Crippen LogP contribution in [0.5, 0.6) is 0 Å². The van der Waals surface area contributed by atoms with Crippen LogP contribution in [0.25, 0.3) is 0 Å². The number of nitrogens with one attached hydrogen (secondary N) is 1. The van der Waals surface area contributed by atoms with Crippen LogP contribution in [0.3, 0.4) is 0 Å². The zero-order valence-corrected chi connectivity index (χ0v) is 11.3. The second-order valence-corrected chi connectivity index (χ2v) is 5.75. The van der Waals surface area contributed by atoms with Gasteiger partial charge in [-0.25, -0.2) is 0 Å². The molecule has 1 atom stereocenters. The molecule has 1 heterocycles. The molecule has 17 heavy (non-hydrogen) atoms. The number of anilines is 1. The van der Waals surface area contributed by atoms with Gasteiger partial charge in [0.15, 0.2) is 0 Å². The van der Waals surface area contributed by atoms with Gasteiger partial charge in [-0.15, -0.1) is 0 Å². The number of hydrogen-bond acceptors (Lipinski definition) is 3. The van der Waals surface area contributed by atoms with Gasteiger partial charge in [0.2, 0.25) is 0 Å². The Hall–Kier alpha value is -0.870. The van der Waals surface area contributed by atoms with E-state index in [-0.39, 0.29) is 5.84 Å². The maximum absolute atomic E-state index is 7.41. The number of halogens is 1. The highest BCUT2D eigenvalue weighted by atomic mass is 35.5. The van der Waals surface area contributed by atoms with Crippen molar-refractivity contribution in [3.63, 3.8) is 0 Å². The standard InChI is InChI=1S/C12H16ClN3S/c1-8-7-17-5-4-16(8)9-2-3-10(12(14)15)11(13)6-9/h2-3,6,8H,4-5,7H2,1H3,(H3,14,15). The van der Waals surface area contributed by atoms with Crippen molar-refractivity contribution in [2.75, 3.05) is 23.0 Å². The van der Waals surface area contributed by atoms with Crippen molar-refractivity contribution in [1.82, 2.24) is 0 Å². The molecule has 1 aliphatic heterocycles. The summed E-state index contributed by atoms with van der Waals surface area (Å²) < 4.78 is 0. The predicted octanol–water partition coefficient (Wildman–Crippen LogP) is 2.57. The van der Waals surface area contributed by atoms with E-state index in [0.717, 1.165) is 23.7 Å². The lowest BCUT2D eigenvalue weighted by atomic mass is 10.1. The molecule has 3 N–H and O–H groups in total. The van der Waals surface area contributed by atoms with E-state index in [1.165, 1.54) is 0 Å². The van der Waals surface area contributed by atoms with Crippen molar-refractivity contribution in [3.8, 4) is 0 Å². The van der Waals surface area contributed by atoms with E-state index in [1.54, 1.807) is 0 Å². The molecule has 1 aromatic rings. The van der Waals surface area contributed by atoms with Crippen molar-refractivity contribution in [2.24, 2.45) is 5.73 Å². The maximum atomic E-state index is 7.41. The maximum Gasteiger partial charge on any atom is 0.124 e. The molecule has 0 spiro atoms. The van der Waals surface area contributed by atoms with Crippen molar-refractivity contribution in [2.45, 2.75) is 13.0 Å². The van der Waals surface area contributed by atoms with Gasteiger partial charge in [0.25, 0.3) is 0 Å². The molecule has 3 nitrogen and oxygen atoms in total. The van der Waals surface area contributed by atoms with Gasteiger partial charge in [-0.3, -0.25) is 5.41 Å². The Morgan fingerprint density at radius 1 is 1.59 bits per heavy atom. The summed E-state index contributed by atoms with van der Waals surface area (Å²) in [6.07, 6.45) is 0. The first-order valence-corrected chi connectivity index (χ1v) is 7.11. The summed E-state index contributed by atoms with van der Waals surface area (Å²) in [5.41, 5.74) is 7.18. The average Bonchev–Trinajstić information content (AvgIpc) is 2.29. The third-order valence-corrected chi connectivity index (χ3v) is 4.44. The van der Waals surface area contributed by atoms with Crippen LogP contribution >= 0.6 is 23.4 Å². The van der Waals surface area contributed by atoms with Gasteiger partial charge >= 0.3 is 0 Å². The molecule has 0 amide bonds. The number of amidine groups is 1. The molecule has 2 rings (SSSR count). The fourth-order valence-corrected chi connectivity index (χ4v) is 3.30. The van der Waals surface area contributed by atoms with Gasteiger partial charge in [0, 0.05) is 35.3 Å². The third-order valence-electron chi connectivity index (χ3n) is 2.94. The van der Waals surface area contributed by atoms with Gasteiger partial charge in [0.1, 0.15) is 5.84 Å². The molecular weight excluding hydrogens is 254 g/mol. The lowest BCUT2D eigenvalue weighted by Crippen LogP contribution is -2.40. The number of hydrogen-bond donors (Lipinski definition) is 2. The third kappa shape index (κ3) is 2.69. The fraction of sp³-hybridized carbons (Fsp3) is 0.417. The lowest BCUT2D eigenvalue weighted by Gasteiger charge is -2.35. The molecule has 0 bridgehead atoms. The summed E-state index contributed by atoms with van der Waals surface area (Å²) in [4.78, 5) is 2.35. The minimum Gasteiger partial charge on any atom is -0.384 e. The normalized spacial score (nSPS) is 20.4. The number of nitrogens with two attached hydrogens (primary N) is 1. The molecule has 1 saturated heterocycles. The summed E-state index contributed by atoms with van der Waals surface area (Å²) >= 11 is 8.12. The smallest absolute Gasteiger partial charge is 0.124 e. The Morgan fingerprint density at radius 2 is 2.35 bits per heavy atom. The molecule has 1 aliphatic rings. The summed E-state index contributed by atoms with van der Waals surface area (Å²) in [6, 6.07) is 6.25. The van der Waals surface area contributed by atoms with E-state index in [2.05, 4.69) is 11.8 Å². The topological polar surface area (TPSA) is 53.1 Å². The van der Waals surface area contributed by atoms with Crippen molar-refractivity contribution < 1.29 is 0 Å². The predicted molar refractivity (Wildman–Crippen MR) is 76.6 cm³/mol. The van der Waals surface area contributed by atoms with Crippen LogP contribution < -0.4 is 10.6 Å². The summed E-state index contributed by atoms with van der Waals surface area (Å²) in [6.45, 7) is 3.26. The van der Waals surface area contributed by atoms with E-state index in [9.17, 15) is 0 Å². The Morgan fingerprint density at radius 3 is 2.94 bits per heavy atom. The molecular formula is C12H16ClN3S. The van der Waals surface area contributed by atoms with Gasteiger partial charge in [-0.05, 0) is 25.1 Å². The quantitative estimate of drug-likeness (QED) is 0.641. The van der Waals surface area contributed by atoms with Crippen LogP contribution in [0.15, 0.2) is 18.2 Å². The highest BCUT2D eigenvalue weighted by Crippen LogP contribution is 2.28. The van der Waals surface area contributed by atoms with Gasteiger partial charge < -0.3 is 10.6 Å². The molecule has 0 aromatic heterocycles. The molecule has 0 radical (unpaired) electrons. The molecule has 0 aliphatic carbocycles. The van der Waals surface area contributed by atoms with Crippen LogP contribution in [-0.4, -0.2) is 29.9 Å². The average molecular weight is 270 g/mol. The summed E-state index contributed by atoms with van der Waals surface area (Å²) in [5.74, 6) is 2.31. The SMILES string of the molecule is CC1CSCCN1c1ccc(C(=N)N)c(Cl)c1. The van der Waals surface area contributed by atoms with Crippen LogP contribution in [0.4, 0.5) is 5.69 Å². The summed E-state index contributed by atoms with van der Waals surface area (Å²) in [5, 5.41) is 7.96. The van der Waals surface area contributed by atoms with E-state index < -0.39 is 0 Å². The fourth-order valence-electron chi connectivity index (χ4n) is 2.01. The molecule has 1 fully saturated rings. The molecule has 92 valence electrons. The minimum atomic E-state index is 0.0174. The largest absolute Gasteiger partial charge is 0.384 e. The van der Waals surface area contributed by atoms with Crippen molar-refractivity contribution in [3.05, 3.63) is 28.8 Å². The van der Waals surface area contributed by atoms with Gasteiger partial charge in [-0.2, -0.15) is 11.8 Å². The van der Waals surface area contributed by atoms with Crippen molar-refractivity contribution in [1.29, 1.82) is 5.41 Å². The molecule has 1 aromatic carbocycles. The first kappa shape index (κ1) is 12.6. The summed E-state index contributed by atoms with van der Waals surface area (Å²) in [7, 11) is 0. The molecule has 0 saturated carbocycles. The number of nitrogens with zero attached hydrogens (tertiary/aromatic N) is 1. The Kier molecular flexibility index (Phi) is 3.84.